The van der Waals surface area contributed by atoms with Crippen LogP contribution in [0.4, 0.5) is 0 Å². The van der Waals surface area contributed by atoms with E-state index in [4.69, 9.17) is 23.7 Å². The molecule has 0 spiro atoms. The fraction of sp³-hybridized carbons (Fsp3) is 0.455. The number of hydrogen-bond acceptors (Lipinski definition) is 6. The molecule has 1 saturated heterocycles. The van der Waals surface area contributed by atoms with Crippen LogP contribution in [0.25, 0.3) is 0 Å². The van der Waals surface area contributed by atoms with Crippen LogP contribution in [0.5, 0.6) is 0 Å². The molecule has 0 saturated carbocycles. The molecule has 0 radical (unpaired) electrons. The molecule has 4 rings (SSSR count). The molecule has 3 aromatic carbocycles. The van der Waals surface area contributed by atoms with E-state index in [1.165, 1.54) is 5.56 Å². The number of unbranched alkanes of at least 4 members (excludes halogenated alkanes) is 3. The minimum atomic E-state index is -0.961. The van der Waals surface area contributed by atoms with E-state index in [2.05, 4.69) is 12.1 Å². The Kier molecular flexibility index (Phi) is 12.4. The van der Waals surface area contributed by atoms with Crippen molar-refractivity contribution < 1.29 is 28.8 Å². The van der Waals surface area contributed by atoms with Crippen LogP contribution >= 0.6 is 0 Å². The first kappa shape index (κ1) is 29.4. The highest BCUT2D eigenvalue weighted by atomic mass is 16.7. The van der Waals surface area contributed by atoms with E-state index in [0.717, 1.165) is 43.4 Å². The van der Waals surface area contributed by atoms with E-state index in [1.54, 1.807) is 0 Å². The molecule has 6 nitrogen and oxygen atoms in total. The van der Waals surface area contributed by atoms with Gasteiger partial charge in [-0.2, -0.15) is 0 Å². The maximum atomic E-state index is 11.2. The molecule has 1 aliphatic heterocycles. The van der Waals surface area contributed by atoms with Crippen molar-refractivity contribution >= 4 is 0 Å². The summed E-state index contributed by atoms with van der Waals surface area (Å²) in [6, 6.07) is 30.2. The van der Waals surface area contributed by atoms with Gasteiger partial charge in [0.15, 0.2) is 6.29 Å². The third kappa shape index (κ3) is 9.84. The largest absolute Gasteiger partial charge is 0.385 e. The van der Waals surface area contributed by atoms with Crippen molar-refractivity contribution in [2.75, 3.05) is 13.2 Å². The van der Waals surface area contributed by atoms with Crippen molar-refractivity contribution in [2.45, 2.75) is 83.1 Å². The van der Waals surface area contributed by atoms with E-state index >= 15 is 0 Å². The first-order chi connectivity index (χ1) is 19.2. The second kappa shape index (κ2) is 16.5. The molecular weight excluding hydrogens is 492 g/mol. The molecule has 0 amide bonds. The molecule has 0 aliphatic carbocycles. The SMILES string of the molecule is C[C@@H]1O[C@H](OCCCCCCOCc2ccccc2)[C@H](O)[C@H](OCc2ccccc2)[C@H]1OCc1ccccc1. The van der Waals surface area contributed by atoms with Crippen LogP contribution in [0.15, 0.2) is 91.0 Å². The van der Waals surface area contributed by atoms with Crippen molar-refractivity contribution in [3.05, 3.63) is 108 Å². The number of aliphatic hydroxyl groups is 1. The van der Waals surface area contributed by atoms with Gasteiger partial charge in [-0.15, -0.1) is 0 Å². The lowest BCUT2D eigenvalue weighted by Gasteiger charge is -2.43. The zero-order chi connectivity index (χ0) is 27.1. The van der Waals surface area contributed by atoms with Gasteiger partial charge in [0.1, 0.15) is 18.3 Å². The van der Waals surface area contributed by atoms with Crippen molar-refractivity contribution in [3.63, 3.8) is 0 Å². The third-order valence-corrected chi connectivity index (χ3v) is 6.90. The summed E-state index contributed by atoms with van der Waals surface area (Å²) in [7, 11) is 0. The summed E-state index contributed by atoms with van der Waals surface area (Å²) in [6.45, 7) is 4.66. The van der Waals surface area contributed by atoms with Crippen molar-refractivity contribution in [3.8, 4) is 0 Å². The molecule has 1 fully saturated rings. The summed E-state index contributed by atoms with van der Waals surface area (Å²) < 4.78 is 30.3. The highest BCUT2D eigenvalue weighted by Crippen LogP contribution is 2.28. The molecular formula is C33H42O6. The highest BCUT2D eigenvalue weighted by Gasteiger charge is 2.45. The maximum absolute atomic E-state index is 11.2. The Morgan fingerprint density at radius 2 is 1.08 bits per heavy atom. The Morgan fingerprint density at radius 3 is 1.64 bits per heavy atom. The second-order valence-corrected chi connectivity index (χ2v) is 10.0. The fourth-order valence-corrected chi connectivity index (χ4v) is 4.70. The number of ether oxygens (including phenoxy) is 5. The number of aliphatic hydroxyl groups excluding tert-OH is 1. The van der Waals surface area contributed by atoms with Crippen molar-refractivity contribution in [1.82, 2.24) is 0 Å². The topological polar surface area (TPSA) is 66.4 Å². The third-order valence-electron chi connectivity index (χ3n) is 6.90. The molecule has 0 unspecified atom stereocenters. The maximum Gasteiger partial charge on any atom is 0.186 e. The van der Waals surface area contributed by atoms with Crippen LogP contribution < -0.4 is 0 Å². The van der Waals surface area contributed by atoms with Gasteiger partial charge in [0.2, 0.25) is 0 Å². The molecule has 1 aliphatic rings. The van der Waals surface area contributed by atoms with E-state index in [9.17, 15) is 5.11 Å². The van der Waals surface area contributed by atoms with E-state index in [1.807, 2.05) is 85.8 Å². The minimum Gasteiger partial charge on any atom is -0.385 e. The lowest BCUT2D eigenvalue weighted by molar-refractivity contribution is -0.309. The van der Waals surface area contributed by atoms with Gasteiger partial charge < -0.3 is 28.8 Å². The van der Waals surface area contributed by atoms with Gasteiger partial charge in [-0.25, -0.2) is 0 Å². The predicted molar refractivity (Wildman–Crippen MR) is 151 cm³/mol. The Balaban J connectivity index is 1.21. The lowest BCUT2D eigenvalue weighted by atomic mass is 9.99. The quantitative estimate of drug-likeness (QED) is 0.226. The van der Waals surface area contributed by atoms with Crippen molar-refractivity contribution in [2.24, 2.45) is 0 Å². The average Bonchev–Trinajstić information content (AvgIpc) is 2.98. The van der Waals surface area contributed by atoms with Gasteiger partial charge >= 0.3 is 0 Å². The summed E-state index contributed by atoms with van der Waals surface area (Å²) in [5, 5.41) is 11.2. The standard InChI is InChI=1S/C33H42O6/c1-26-31(37-24-28-17-9-5-10-18-28)32(38-25-29-19-11-6-12-20-29)30(34)33(39-26)36-22-14-3-2-13-21-35-23-27-15-7-4-8-16-27/h4-12,15-20,26,30-34H,2-3,13-14,21-25H2,1H3/t26-,30+,31-,32-,33-/m0/s1. The summed E-state index contributed by atoms with van der Waals surface area (Å²) in [4.78, 5) is 0. The zero-order valence-corrected chi connectivity index (χ0v) is 22.9. The van der Waals surface area contributed by atoms with E-state index in [0.29, 0.717) is 26.4 Å². The van der Waals surface area contributed by atoms with Crippen LogP contribution in [0.3, 0.4) is 0 Å². The molecule has 210 valence electrons. The molecule has 0 aromatic heterocycles. The molecule has 1 N–H and O–H groups in total. The van der Waals surface area contributed by atoms with Gasteiger partial charge in [0, 0.05) is 13.2 Å². The van der Waals surface area contributed by atoms with Gasteiger partial charge in [-0.05, 0) is 36.5 Å². The molecule has 3 aromatic rings. The average molecular weight is 535 g/mol. The Hall–Kier alpha value is -2.58. The summed E-state index contributed by atoms with van der Waals surface area (Å²) >= 11 is 0. The van der Waals surface area contributed by atoms with Crippen molar-refractivity contribution in [1.29, 1.82) is 0 Å². The molecule has 5 atom stereocenters. The Bertz CT molecular complexity index is 1030. The predicted octanol–water partition coefficient (Wildman–Crippen LogP) is 6.06. The van der Waals surface area contributed by atoms with Gasteiger partial charge in [-0.3, -0.25) is 0 Å². The van der Waals surface area contributed by atoms with Gasteiger partial charge in [0.05, 0.1) is 25.9 Å². The van der Waals surface area contributed by atoms with Crippen LogP contribution in [0.2, 0.25) is 0 Å². The molecule has 0 bridgehead atoms. The van der Waals surface area contributed by atoms with E-state index < -0.39 is 24.6 Å². The van der Waals surface area contributed by atoms with E-state index in [-0.39, 0.29) is 6.10 Å². The highest BCUT2D eigenvalue weighted by molar-refractivity contribution is 5.15. The first-order valence-corrected chi connectivity index (χ1v) is 14.1. The Morgan fingerprint density at radius 1 is 0.590 bits per heavy atom. The molecule has 1 heterocycles. The van der Waals surface area contributed by atoms with Crippen LogP contribution in [0.1, 0.15) is 49.3 Å². The molecule has 39 heavy (non-hydrogen) atoms. The Labute approximate surface area is 232 Å². The fourth-order valence-electron chi connectivity index (χ4n) is 4.70. The van der Waals surface area contributed by atoms with Crippen LogP contribution in [-0.4, -0.2) is 49.0 Å². The monoisotopic (exact) mass is 534 g/mol. The van der Waals surface area contributed by atoms with Crippen LogP contribution in [-0.2, 0) is 43.5 Å². The summed E-state index contributed by atoms with van der Waals surface area (Å²) in [6.07, 6.45) is 0.980. The smallest absolute Gasteiger partial charge is 0.186 e. The summed E-state index contributed by atoms with van der Waals surface area (Å²) in [5.74, 6) is 0. The molecule has 6 heteroatoms. The minimum absolute atomic E-state index is 0.301. The number of benzene rings is 3. The van der Waals surface area contributed by atoms with Gasteiger partial charge in [0.25, 0.3) is 0 Å². The lowest BCUT2D eigenvalue weighted by Crippen LogP contribution is -2.59. The zero-order valence-electron chi connectivity index (χ0n) is 22.9. The van der Waals surface area contributed by atoms with Gasteiger partial charge in [-0.1, -0.05) is 104 Å². The second-order valence-electron chi connectivity index (χ2n) is 10.0. The first-order valence-electron chi connectivity index (χ1n) is 14.1. The van der Waals surface area contributed by atoms with Crippen LogP contribution in [0, 0.1) is 0 Å². The normalized spacial score (nSPS) is 23.1. The number of rotatable bonds is 16. The number of hydrogen-bond donors (Lipinski definition) is 1. The summed E-state index contributed by atoms with van der Waals surface area (Å²) in [5.41, 5.74) is 3.30.